The number of hydrogen-bond acceptors (Lipinski definition) is 0. The molecule has 2 fully saturated rings. The van der Waals surface area contributed by atoms with Gasteiger partial charge in [-0.15, -0.1) is 0 Å². The Morgan fingerprint density at radius 2 is 2.00 bits per heavy atom. The SMILES string of the molecule is CC=CC1CC2CCCCC2C1CC. The smallest absolute Gasteiger partial charge is 0.0200 e. The van der Waals surface area contributed by atoms with Crippen LogP contribution in [0.4, 0.5) is 0 Å². The lowest BCUT2D eigenvalue weighted by molar-refractivity contribution is 0.219. The van der Waals surface area contributed by atoms with Crippen molar-refractivity contribution in [2.75, 3.05) is 0 Å². The Labute approximate surface area is 88.8 Å². The Morgan fingerprint density at radius 3 is 2.71 bits per heavy atom. The zero-order valence-corrected chi connectivity index (χ0v) is 9.71. The summed E-state index contributed by atoms with van der Waals surface area (Å²) in [5.74, 6) is 4.08. The molecule has 0 amide bonds. The van der Waals surface area contributed by atoms with Gasteiger partial charge in [-0.05, 0) is 43.4 Å². The van der Waals surface area contributed by atoms with Gasteiger partial charge in [-0.1, -0.05) is 44.8 Å². The average molecular weight is 192 g/mol. The third kappa shape index (κ3) is 1.76. The molecule has 0 N–H and O–H groups in total. The van der Waals surface area contributed by atoms with Gasteiger partial charge in [0, 0.05) is 0 Å². The molecule has 14 heavy (non-hydrogen) atoms. The average Bonchev–Trinajstić information content (AvgIpc) is 2.55. The molecule has 0 bridgehead atoms. The fourth-order valence-corrected chi connectivity index (χ4v) is 4.01. The van der Waals surface area contributed by atoms with Gasteiger partial charge in [0.15, 0.2) is 0 Å². The maximum Gasteiger partial charge on any atom is -0.0200 e. The van der Waals surface area contributed by atoms with Crippen molar-refractivity contribution in [2.45, 2.75) is 52.4 Å². The van der Waals surface area contributed by atoms with E-state index in [0.717, 1.165) is 23.7 Å². The summed E-state index contributed by atoms with van der Waals surface area (Å²) < 4.78 is 0. The molecule has 0 saturated heterocycles. The maximum absolute atomic E-state index is 2.48. The molecule has 0 heteroatoms. The van der Waals surface area contributed by atoms with Crippen molar-refractivity contribution in [1.82, 2.24) is 0 Å². The van der Waals surface area contributed by atoms with Crippen LogP contribution in [-0.2, 0) is 0 Å². The minimum absolute atomic E-state index is 0.915. The van der Waals surface area contributed by atoms with Gasteiger partial charge in [-0.25, -0.2) is 0 Å². The molecule has 2 saturated carbocycles. The van der Waals surface area contributed by atoms with Crippen LogP contribution < -0.4 is 0 Å². The first-order chi connectivity index (χ1) is 6.86. The van der Waals surface area contributed by atoms with Crippen LogP contribution in [0.2, 0.25) is 0 Å². The second-order valence-corrected chi connectivity index (χ2v) is 5.21. The first-order valence-electron chi connectivity index (χ1n) is 6.49. The van der Waals surface area contributed by atoms with Crippen molar-refractivity contribution in [3.63, 3.8) is 0 Å². The van der Waals surface area contributed by atoms with E-state index >= 15 is 0 Å². The molecule has 2 aliphatic rings. The number of rotatable bonds is 2. The van der Waals surface area contributed by atoms with E-state index in [-0.39, 0.29) is 0 Å². The Balaban J connectivity index is 2.08. The van der Waals surface area contributed by atoms with E-state index in [1.54, 1.807) is 0 Å². The summed E-state index contributed by atoms with van der Waals surface area (Å²) in [7, 11) is 0. The molecule has 80 valence electrons. The van der Waals surface area contributed by atoms with Crippen molar-refractivity contribution in [3.05, 3.63) is 12.2 Å². The molecule has 0 aliphatic heterocycles. The molecule has 2 aliphatic carbocycles. The maximum atomic E-state index is 2.48. The quantitative estimate of drug-likeness (QED) is 0.568. The van der Waals surface area contributed by atoms with Gasteiger partial charge < -0.3 is 0 Å². The second kappa shape index (κ2) is 4.51. The normalized spacial score (nSPS) is 43.0. The molecule has 0 spiro atoms. The minimum atomic E-state index is 0.915. The van der Waals surface area contributed by atoms with Crippen LogP contribution in [0.5, 0.6) is 0 Å². The van der Waals surface area contributed by atoms with Crippen molar-refractivity contribution in [1.29, 1.82) is 0 Å². The molecule has 0 radical (unpaired) electrons. The highest BCUT2D eigenvalue weighted by Gasteiger charge is 2.41. The van der Waals surface area contributed by atoms with Crippen LogP contribution >= 0.6 is 0 Å². The summed E-state index contributed by atoms with van der Waals surface area (Å²) >= 11 is 0. The number of fused-ring (bicyclic) bond motifs is 1. The minimum Gasteiger partial charge on any atom is -0.0914 e. The molecule has 4 atom stereocenters. The van der Waals surface area contributed by atoms with Crippen molar-refractivity contribution in [2.24, 2.45) is 23.7 Å². The molecule has 0 aromatic heterocycles. The Kier molecular flexibility index (Phi) is 3.30. The van der Waals surface area contributed by atoms with Crippen LogP contribution in [0, 0.1) is 23.7 Å². The zero-order chi connectivity index (χ0) is 9.97. The number of allylic oxidation sites excluding steroid dienone is 2. The van der Waals surface area contributed by atoms with Gasteiger partial charge in [0.25, 0.3) is 0 Å². The highest BCUT2D eigenvalue weighted by Crippen LogP contribution is 2.50. The van der Waals surface area contributed by atoms with E-state index < -0.39 is 0 Å². The van der Waals surface area contributed by atoms with Gasteiger partial charge in [0.1, 0.15) is 0 Å². The first kappa shape index (κ1) is 10.3. The molecule has 2 rings (SSSR count). The molecule has 0 heterocycles. The lowest BCUT2D eigenvalue weighted by Crippen LogP contribution is -2.19. The van der Waals surface area contributed by atoms with Gasteiger partial charge >= 0.3 is 0 Å². The van der Waals surface area contributed by atoms with Crippen LogP contribution in [0.1, 0.15) is 52.4 Å². The third-order valence-electron chi connectivity index (χ3n) is 4.55. The van der Waals surface area contributed by atoms with Gasteiger partial charge in [-0.3, -0.25) is 0 Å². The van der Waals surface area contributed by atoms with Crippen molar-refractivity contribution >= 4 is 0 Å². The summed E-state index contributed by atoms with van der Waals surface area (Å²) in [6.45, 7) is 4.56. The highest BCUT2D eigenvalue weighted by molar-refractivity contribution is 5.00. The first-order valence-corrected chi connectivity index (χ1v) is 6.49. The van der Waals surface area contributed by atoms with Gasteiger partial charge in [0.2, 0.25) is 0 Å². The molecule has 0 nitrogen and oxygen atoms in total. The predicted molar refractivity (Wildman–Crippen MR) is 62.2 cm³/mol. The van der Waals surface area contributed by atoms with Crippen LogP contribution in [0.25, 0.3) is 0 Å². The topological polar surface area (TPSA) is 0 Å². The van der Waals surface area contributed by atoms with E-state index in [4.69, 9.17) is 0 Å². The van der Waals surface area contributed by atoms with E-state index in [9.17, 15) is 0 Å². The molecular weight excluding hydrogens is 168 g/mol. The predicted octanol–water partition coefficient (Wildman–Crippen LogP) is 4.42. The zero-order valence-electron chi connectivity index (χ0n) is 9.71. The monoisotopic (exact) mass is 192 g/mol. The summed E-state index contributed by atoms with van der Waals surface area (Å²) in [5, 5.41) is 0. The van der Waals surface area contributed by atoms with Crippen LogP contribution in [-0.4, -0.2) is 0 Å². The molecule has 0 aromatic carbocycles. The molecule has 4 unspecified atom stereocenters. The summed E-state index contributed by atoms with van der Waals surface area (Å²) in [4.78, 5) is 0. The second-order valence-electron chi connectivity index (χ2n) is 5.21. The lowest BCUT2D eigenvalue weighted by Gasteiger charge is -2.29. The Bertz CT molecular complexity index is 204. The van der Waals surface area contributed by atoms with E-state index in [0.29, 0.717) is 0 Å². The van der Waals surface area contributed by atoms with Crippen molar-refractivity contribution < 1.29 is 0 Å². The molecular formula is C14H24. The van der Waals surface area contributed by atoms with Crippen molar-refractivity contribution in [3.8, 4) is 0 Å². The third-order valence-corrected chi connectivity index (χ3v) is 4.55. The highest BCUT2D eigenvalue weighted by atomic mass is 14.5. The Morgan fingerprint density at radius 1 is 1.21 bits per heavy atom. The van der Waals surface area contributed by atoms with E-state index in [1.807, 2.05) is 0 Å². The van der Waals surface area contributed by atoms with E-state index in [1.165, 1.54) is 38.5 Å². The number of hydrogen-bond donors (Lipinski definition) is 0. The standard InChI is InChI=1S/C14H24/c1-3-7-11-10-12-8-5-6-9-14(12)13(11)4-2/h3,7,11-14H,4-6,8-10H2,1-2H3. The summed E-state index contributed by atoms with van der Waals surface area (Å²) in [5.41, 5.74) is 0. The van der Waals surface area contributed by atoms with Crippen LogP contribution in [0.15, 0.2) is 12.2 Å². The van der Waals surface area contributed by atoms with Crippen LogP contribution in [0.3, 0.4) is 0 Å². The van der Waals surface area contributed by atoms with Gasteiger partial charge in [-0.2, -0.15) is 0 Å². The summed E-state index contributed by atoms with van der Waals surface area (Å²) in [6.07, 6.45) is 13.7. The summed E-state index contributed by atoms with van der Waals surface area (Å²) in [6, 6.07) is 0. The molecule has 0 aromatic rings. The lowest BCUT2D eigenvalue weighted by atomic mass is 9.76. The van der Waals surface area contributed by atoms with Gasteiger partial charge in [0.05, 0.1) is 0 Å². The Hall–Kier alpha value is -0.260. The fourth-order valence-electron chi connectivity index (χ4n) is 4.01. The largest absolute Gasteiger partial charge is 0.0914 e. The fraction of sp³-hybridized carbons (Fsp3) is 0.857. The van der Waals surface area contributed by atoms with E-state index in [2.05, 4.69) is 26.0 Å².